The molecular weight excluding hydrogens is 340 g/mol. The minimum absolute atomic E-state index is 0.0972. The molecule has 1 fully saturated rings. The minimum atomic E-state index is -0.160. The Morgan fingerprint density at radius 2 is 1.93 bits per heavy atom. The Kier molecular flexibility index (Phi) is 4.39. The molecule has 4 rings (SSSR count). The van der Waals surface area contributed by atoms with Gasteiger partial charge >= 0.3 is 0 Å². The van der Waals surface area contributed by atoms with Crippen molar-refractivity contribution in [1.82, 2.24) is 14.9 Å². The van der Waals surface area contributed by atoms with E-state index in [0.29, 0.717) is 17.3 Å². The molecule has 1 aromatic heterocycles. The molecule has 1 aliphatic rings. The van der Waals surface area contributed by atoms with E-state index in [4.69, 9.17) is 0 Å². The van der Waals surface area contributed by atoms with E-state index >= 15 is 0 Å². The van der Waals surface area contributed by atoms with Gasteiger partial charge in [0.05, 0.1) is 17.4 Å². The van der Waals surface area contributed by atoms with Crippen molar-refractivity contribution in [3.63, 3.8) is 0 Å². The summed E-state index contributed by atoms with van der Waals surface area (Å²) in [6.45, 7) is 4.26. The van der Waals surface area contributed by atoms with Crippen LogP contribution in [0.3, 0.4) is 0 Å². The van der Waals surface area contributed by atoms with Crippen LogP contribution >= 0.6 is 0 Å². The van der Waals surface area contributed by atoms with Crippen molar-refractivity contribution in [2.45, 2.75) is 39.3 Å². The third kappa shape index (κ3) is 3.84. The van der Waals surface area contributed by atoms with Gasteiger partial charge in [-0.05, 0) is 68.1 Å². The molecule has 0 atom stereocenters. The van der Waals surface area contributed by atoms with Crippen molar-refractivity contribution in [1.29, 1.82) is 0 Å². The summed E-state index contributed by atoms with van der Waals surface area (Å²) in [4.78, 5) is 29.0. The van der Waals surface area contributed by atoms with E-state index in [-0.39, 0.29) is 18.4 Å². The van der Waals surface area contributed by atoms with Crippen molar-refractivity contribution < 1.29 is 9.59 Å². The molecule has 0 aliphatic heterocycles. The molecule has 2 aromatic carbocycles. The summed E-state index contributed by atoms with van der Waals surface area (Å²) in [5.41, 5.74) is 5.33. The van der Waals surface area contributed by atoms with E-state index in [0.717, 1.165) is 23.9 Å². The number of benzene rings is 2. The van der Waals surface area contributed by atoms with Gasteiger partial charge < -0.3 is 15.2 Å². The molecule has 138 valence electrons. The molecule has 0 bridgehead atoms. The third-order valence-corrected chi connectivity index (χ3v) is 4.87. The van der Waals surface area contributed by atoms with Gasteiger partial charge in [-0.3, -0.25) is 9.59 Å². The highest BCUT2D eigenvalue weighted by atomic mass is 16.2. The Morgan fingerprint density at radius 3 is 2.70 bits per heavy atom. The first kappa shape index (κ1) is 17.3. The molecule has 2 N–H and O–H groups in total. The number of nitrogens with one attached hydrogen (secondary N) is 2. The molecule has 1 saturated carbocycles. The Balaban J connectivity index is 1.46. The number of carbonyl (C=O) groups excluding carboxylic acids is 2. The molecule has 27 heavy (non-hydrogen) atoms. The minimum Gasteiger partial charge on any atom is -0.349 e. The van der Waals surface area contributed by atoms with Crippen molar-refractivity contribution >= 4 is 28.5 Å². The number of aryl methyl sites for hydroxylation is 2. The average molecular weight is 362 g/mol. The Hall–Kier alpha value is -3.15. The molecule has 6 nitrogen and oxygen atoms in total. The zero-order valence-corrected chi connectivity index (χ0v) is 15.5. The summed E-state index contributed by atoms with van der Waals surface area (Å²) >= 11 is 0. The highest BCUT2D eigenvalue weighted by molar-refractivity contribution is 5.97. The maximum atomic E-state index is 12.5. The fraction of sp³-hybridized carbons (Fsp3) is 0.286. The molecule has 0 saturated heterocycles. The number of rotatable bonds is 5. The first-order valence-electron chi connectivity index (χ1n) is 9.12. The molecule has 1 heterocycles. The molecule has 0 spiro atoms. The predicted octanol–water partition coefficient (Wildman–Crippen LogP) is 3.18. The SMILES string of the molecule is Cc1cc2ncn(CC(=O)Nc3cccc(C(=O)NC4CC4)c3)c2cc1C. The molecule has 1 aliphatic carbocycles. The number of hydrogen-bond donors (Lipinski definition) is 2. The summed E-state index contributed by atoms with van der Waals surface area (Å²) < 4.78 is 1.83. The lowest BCUT2D eigenvalue weighted by Gasteiger charge is -2.09. The smallest absolute Gasteiger partial charge is 0.251 e. The lowest BCUT2D eigenvalue weighted by Crippen LogP contribution is -2.25. The lowest BCUT2D eigenvalue weighted by molar-refractivity contribution is -0.116. The molecule has 3 aromatic rings. The molecule has 2 amide bonds. The second kappa shape index (κ2) is 6.87. The van der Waals surface area contributed by atoms with Crippen LogP contribution < -0.4 is 10.6 Å². The number of imidazole rings is 1. The van der Waals surface area contributed by atoms with Gasteiger partial charge in [0.15, 0.2) is 0 Å². The predicted molar refractivity (Wildman–Crippen MR) is 105 cm³/mol. The quantitative estimate of drug-likeness (QED) is 0.732. The topological polar surface area (TPSA) is 76.0 Å². The summed E-state index contributed by atoms with van der Waals surface area (Å²) in [6, 6.07) is 11.4. The highest BCUT2D eigenvalue weighted by Crippen LogP contribution is 2.20. The van der Waals surface area contributed by atoms with Crippen LogP contribution in [0.4, 0.5) is 5.69 Å². The molecular formula is C21H22N4O2. The average Bonchev–Trinajstić information content (AvgIpc) is 3.38. The monoisotopic (exact) mass is 362 g/mol. The molecule has 6 heteroatoms. The highest BCUT2D eigenvalue weighted by Gasteiger charge is 2.23. The first-order chi connectivity index (χ1) is 13.0. The van der Waals surface area contributed by atoms with E-state index in [2.05, 4.69) is 15.6 Å². The van der Waals surface area contributed by atoms with Gasteiger partial charge in [0, 0.05) is 17.3 Å². The number of fused-ring (bicyclic) bond motifs is 1. The van der Waals surface area contributed by atoms with Gasteiger partial charge in [-0.15, -0.1) is 0 Å². The number of carbonyl (C=O) groups is 2. The third-order valence-electron chi connectivity index (χ3n) is 4.87. The van der Waals surface area contributed by atoms with Crippen molar-refractivity contribution in [3.8, 4) is 0 Å². The normalized spacial score (nSPS) is 13.6. The van der Waals surface area contributed by atoms with Gasteiger partial charge in [0.2, 0.25) is 5.91 Å². The molecule has 0 radical (unpaired) electrons. The van der Waals surface area contributed by atoms with E-state index in [1.165, 1.54) is 11.1 Å². The summed E-state index contributed by atoms with van der Waals surface area (Å²) in [7, 11) is 0. The van der Waals surface area contributed by atoms with Crippen LogP contribution in [-0.4, -0.2) is 27.4 Å². The number of nitrogens with zero attached hydrogens (tertiary/aromatic N) is 2. The van der Waals surface area contributed by atoms with Crippen LogP contribution in [0.2, 0.25) is 0 Å². The van der Waals surface area contributed by atoms with Gasteiger partial charge in [0.1, 0.15) is 6.54 Å². The second-order valence-electron chi connectivity index (χ2n) is 7.17. The van der Waals surface area contributed by atoms with Gasteiger partial charge in [-0.1, -0.05) is 6.07 Å². The maximum Gasteiger partial charge on any atom is 0.251 e. The summed E-state index contributed by atoms with van der Waals surface area (Å²) in [5.74, 6) is -0.257. The largest absolute Gasteiger partial charge is 0.349 e. The number of aromatic nitrogens is 2. The first-order valence-corrected chi connectivity index (χ1v) is 9.12. The standard InChI is InChI=1S/C21H22N4O2/c1-13-8-18-19(9-14(13)2)25(12-22-18)11-20(26)23-17-5-3-4-15(10-17)21(27)24-16-6-7-16/h3-5,8-10,12,16H,6-7,11H2,1-2H3,(H,23,26)(H,24,27). The fourth-order valence-electron chi connectivity index (χ4n) is 3.03. The summed E-state index contributed by atoms with van der Waals surface area (Å²) in [5, 5.41) is 5.82. The Bertz CT molecular complexity index is 1030. The zero-order valence-electron chi connectivity index (χ0n) is 15.5. The molecule has 0 unspecified atom stereocenters. The van der Waals surface area contributed by atoms with Gasteiger partial charge in [-0.25, -0.2) is 4.98 Å². The number of amides is 2. The Morgan fingerprint density at radius 1 is 1.15 bits per heavy atom. The number of hydrogen-bond acceptors (Lipinski definition) is 3. The Labute approximate surface area is 157 Å². The number of anilines is 1. The fourth-order valence-corrected chi connectivity index (χ4v) is 3.03. The van der Waals surface area contributed by atoms with Crippen LogP contribution in [0, 0.1) is 13.8 Å². The van der Waals surface area contributed by atoms with Crippen molar-refractivity contribution in [2.75, 3.05) is 5.32 Å². The van der Waals surface area contributed by atoms with E-state index in [1.54, 1.807) is 30.6 Å². The second-order valence-corrected chi connectivity index (χ2v) is 7.17. The van der Waals surface area contributed by atoms with Crippen molar-refractivity contribution in [3.05, 3.63) is 59.4 Å². The van der Waals surface area contributed by atoms with Crippen LogP contribution in [0.1, 0.15) is 34.3 Å². The van der Waals surface area contributed by atoms with Crippen molar-refractivity contribution in [2.24, 2.45) is 0 Å². The zero-order chi connectivity index (χ0) is 19.0. The van der Waals surface area contributed by atoms with E-state index in [1.807, 2.05) is 30.5 Å². The summed E-state index contributed by atoms with van der Waals surface area (Å²) in [6.07, 6.45) is 3.77. The van der Waals surface area contributed by atoms with Crippen LogP contribution in [0.25, 0.3) is 11.0 Å². The van der Waals surface area contributed by atoms with Crippen LogP contribution in [-0.2, 0) is 11.3 Å². The van der Waals surface area contributed by atoms with Gasteiger partial charge in [0.25, 0.3) is 5.91 Å². The van der Waals surface area contributed by atoms with E-state index < -0.39 is 0 Å². The maximum absolute atomic E-state index is 12.5. The van der Waals surface area contributed by atoms with E-state index in [9.17, 15) is 9.59 Å². The van der Waals surface area contributed by atoms with Crippen LogP contribution in [0.15, 0.2) is 42.7 Å². The lowest BCUT2D eigenvalue weighted by atomic mass is 10.1. The van der Waals surface area contributed by atoms with Gasteiger partial charge in [-0.2, -0.15) is 0 Å². The van der Waals surface area contributed by atoms with Crippen LogP contribution in [0.5, 0.6) is 0 Å².